The van der Waals surface area contributed by atoms with Crippen LogP contribution in [-0.4, -0.2) is 6.54 Å². The van der Waals surface area contributed by atoms with Crippen LogP contribution in [0.15, 0.2) is 16.7 Å². The van der Waals surface area contributed by atoms with Gasteiger partial charge in [0.05, 0.1) is 6.26 Å². The summed E-state index contributed by atoms with van der Waals surface area (Å²) in [6, 6.07) is 2.08. The highest BCUT2D eigenvalue weighted by Gasteiger charge is 2.22. The topological polar surface area (TPSA) is 39.2 Å². The smallest absolute Gasteiger partial charge is 0.107 e. The zero-order valence-electron chi connectivity index (χ0n) is 6.55. The Labute approximate surface area is 66.4 Å². The van der Waals surface area contributed by atoms with Crippen molar-refractivity contribution in [1.29, 1.82) is 0 Å². The Morgan fingerprint density at radius 2 is 2.45 bits per heavy atom. The third-order valence-corrected chi connectivity index (χ3v) is 2.40. The van der Waals surface area contributed by atoms with Crippen molar-refractivity contribution >= 4 is 0 Å². The van der Waals surface area contributed by atoms with E-state index in [9.17, 15) is 0 Å². The van der Waals surface area contributed by atoms with Crippen LogP contribution in [0, 0.1) is 5.92 Å². The van der Waals surface area contributed by atoms with Crippen LogP contribution in [0.5, 0.6) is 0 Å². The second kappa shape index (κ2) is 2.70. The fraction of sp³-hybridized carbons (Fsp3) is 0.556. The summed E-state index contributed by atoms with van der Waals surface area (Å²) in [7, 11) is 0. The summed E-state index contributed by atoms with van der Waals surface area (Å²) in [6.45, 7) is 0.801. The minimum Gasteiger partial charge on any atom is -0.469 e. The molecular weight excluding hydrogens is 138 g/mol. The molecule has 11 heavy (non-hydrogen) atoms. The molecule has 0 aliphatic heterocycles. The number of nitrogens with two attached hydrogens (primary N) is 1. The largest absolute Gasteiger partial charge is 0.469 e. The standard InChI is InChI=1S/C9H13NO/c10-3-1-7-5-8-2-4-11-9(8)6-7/h2,4,7H,1,3,5-6,10H2. The van der Waals surface area contributed by atoms with E-state index in [1.165, 1.54) is 17.7 Å². The summed E-state index contributed by atoms with van der Waals surface area (Å²) < 4.78 is 5.31. The quantitative estimate of drug-likeness (QED) is 0.692. The Morgan fingerprint density at radius 3 is 3.18 bits per heavy atom. The average molecular weight is 151 g/mol. The van der Waals surface area contributed by atoms with Gasteiger partial charge in [-0.2, -0.15) is 0 Å². The molecule has 60 valence electrons. The average Bonchev–Trinajstić information content (AvgIpc) is 2.46. The minimum absolute atomic E-state index is 0.745. The van der Waals surface area contributed by atoms with Gasteiger partial charge in [0, 0.05) is 6.42 Å². The van der Waals surface area contributed by atoms with E-state index >= 15 is 0 Å². The zero-order valence-corrected chi connectivity index (χ0v) is 6.55. The monoisotopic (exact) mass is 151 g/mol. The Bertz CT molecular complexity index is 221. The molecule has 0 amide bonds. The molecular formula is C9H13NO. The van der Waals surface area contributed by atoms with Crippen molar-refractivity contribution in [3.05, 3.63) is 23.7 Å². The van der Waals surface area contributed by atoms with Crippen molar-refractivity contribution in [2.45, 2.75) is 19.3 Å². The maximum Gasteiger partial charge on any atom is 0.107 e. The first kappa shape index (κ1) is 6.92. The Morgan fingerprint density at radius 1 is 1.55 bits per heavy atom. The van der Waals surface area contributed by atoms with E-state index in [1.54, 1.807) is 6.26 Å². The first-order valence-electron chi connectivity index (χ1n) is 4.15. The first-order chi connectivity index (χ1) is 5.40. The third kappa shape index (κ3) is 1.18. The fourth-order valence-electron chi connectivity index (χ4n) is 1.81. The molecule has 2 rings (SSSR count). The summed E-state index contributed by atoms with van der Waals surface area (Å²) in [5.41, 5.74) is 6.87. The summed E-state index contributed by atoms with van der Waals surface area (Å²) in [5.74, 6) is 1.93. The van der Waals surface area contributed by atoms with Crippen molar-refractivity contribution < 1.29 is 4.42 Å². The maximum absolute atomic E-state index is 5.48. The third-order valence-electron chi connectivity index (χ3n) is 2.40. The number of fused-ring (bicyclic) bond motifs is 1. The molecule has 0 fully saturated rings. The van der Waals surface area contributed by atoms with E-state index in [2.05, 4.69) is 6.07 Å². The molecule has 2 nitrogen and oxygen atoms in total. The fourth-order valence-corrected chi connectivity index (χ4v) is 1.81. The first-order valence-corrected chi connectivity index (χ1v) is 4.15. The number of furan rings is 1. The highest BCUT2D eigenvalue weighted by atomic mass is 16.3. The van der Waals surface area contributed by atoms with Crippen molar-refractivity contribution in [2.24, 2.45) is 11.7 Å². The van der Waals surface area contributed by atoms with Crippen LogP contribution in [0.25, 0.3) is 0 Å². The molecule has 1 heterocycles. The molecule has 0 aromatic carbocycles. The SMILES string of the molecule is NCCC1Cc2ccoc2C1. The lowest BCUT2D eigenvalue weighted by Gasteiger charge is -2.04. The van der Waals surface area contributed by atoms with Crippen molar-refractivity contribution in [3.8, 4) is 0 Å². The number of rotatable bonds is 2. The van der Waals surface area contributed by atoms with Crippen molar-refractivity contribution in [2.75, 3.05) is 6.54 Å². The Balaban J connectivity index is 2.04. The molecule has 0 spiro atoms. The molecule has 2 N–H and O–H groups in total. The highest BCUT2D eigenvalue weighted by Crippen LogP contribution is 2.28. The normalized spacial score (nSPS) is 22.1. The predicted molar refractivity (Wildman–Crippen MR) is 43.3 cm³/mol. The van der Waals surface area contributed by atoms with Gasteiger partial charge in [0.1, 0.15) is 5.76 Å². The van der Waals surface area contributed by atoms with Gasteiger partial charge >= 0.3 is 0 Å². The van der Waals surface area contributed by atoms with Gasteiger partial charge in [0.2, 0.25) is 0 Å². The summed E-state index contributed by atoms with van der Waals surface area (Å²) in [4.78, 5) is 0. The van der Waals surface area contributed by atoms with Gasteiger partial charge < -0.3 is 10.2 Å². The van der Waals surface area contributed by atoms with E-state index in [0.717, 1.165) is 25.3 Å². The van der Waals surface area contributed by atoms with Crippen LogP contribution < -0.4 is 5.73 Å². The molecule has 1 atom stereocenters. The van der Waals surface area contributed by atoms with E-state index in [1.807, 2.05) is 0 Å². The summed E-state index contributed by atoms with van der Waals surface area (Å²) >= 11 is 0. The van der Waals surface area contributed by atoms with Gasteiger partial charge in [0.15, 0.2) is 0 Å². The molecule has 0 bridgehead atoms. The lowest BCUT2D eigenvalue weighted by Crippen LogP contribution is -2.08. The van der Waals surface area contributed by atoms with Crippen molar-refractivity contribution in [3.63, 3.8) is 0 Å². The van der Waals surface area contributed by atoms with E-state index in [0.29, 0.717) is 0 Å². The predicted octanol–water partition coefficient (Wildman–Crippen LogP) is 1.34. The summed E-state index contributed by atoms with van der Waals surface area (Å²) in [6.07, 6.45) is 5.18. The number of hydrogen-bond acceptors (Lipinski definition) is 2. The Hall–Kier alpha value is -0.760. The highest BCUT2D eigenvalue weighted by molar-refractivity contribution is 5.23. The lowest BCUT2D eigenvalue weighted by atomic mass is 10.0. The molecule has 1 aromatic heterocycles. The summed E-state index contributed by atoms with van der Waals surface area (Å²) in [5, 5.41) is 0. The second-order valence-corrected chi connectivity index (χ2v) is 3.22. The molecule has 1 aliphatic carbocycles. The van der Waals surface area contributed by atoms with E-state index in [-0.39, 0.29) is 0 Å². The molecule has 2 heteroatoms. The van der Waals surface area contributed by atoms with Gasteiger partial charge in [0.25, 0.3) is 0 Å². The van der Waals surface area contributed by atoms with Crippen LogP contribution >= 0.6 is 0 Å². The van der Waals surface area contributed by atoms with Gasteiger partial charge in [-0.05, 0) is 36.9 Å². The maximum atomic E-state index is 5.48. The van der Waals surface area contributed by atoms with Gasteiger partial charge in [-0.25, -0.2) is 0 Å². The van der Waals surface area contributed by atoms with Crippen LogP contribution in [0.3, 0.4) is 0 Å². The van der Waals surface area contributed by atoms with Crippen molar-refractivity contribution in [1.82, 2.24) is 0 Å². The molecule has 1 aromatic rings. The minimum atomic E-state index is 0.745. The van der Waals surface area contributed by atoms with Gasteiger partial charge in [-0.15, -0.1) is 0 Å². The van der Waals surface area contributed by atoms with E-state index in [4.69, 9.17) is 10.2 Å². The van der Waals surface area contributed by atoms with Crippen LogP contribution in [0.1, 0.15) is 17.7 Å². The van der Waals surface area contributed by atoms with Gasteiger partial charge in [-0.1, -0.05) is 0 Å². The molecule has 0 saturated heterocycles. The molecule has 0 radical (unpaired) electrons. The molecule has 0 saturated carbocycles. The van der Waals surface area contributed by atoms with Gasteiger partial charge in [-0.3, -0.25) is 0 Å². The van der Waals surface area contributed by atoms with E-state index < -0.39 is 0 Å². The molecule has 1 aliphatic rings. The zero-order chi connectivity index (χ0) is 7.68. The Kier molecular flexibility index (Phi) is 1.70. The second-order valence-electron chi connectivity index (χ2n) is 3.22. The number of hydrogen-bond donors (Lipinski definition) is 1. The van der Waals surface area contributed by atoms with Crippen LogP contribution in [0.4, 0.5) is 0 Å². The lowest BCUT2D eigenvalue weighted by molar-refractivity contribution is 0.457. The van der Waals surface area contributed by atoms with Crippen LogP contribution in [0.2, 0.25) is 0 Å². The van der Waals surface area contributed by atoms with Crippen LogP contribution in [-0.2, 0) is 12.8 Å². The molecule has 1 unspecified atom stereocenters.